The monoisotopic (exact) mass is 263 g/mol. The quantitative estimate of drug-likeness (QED) is 0.630. The number of nitrogens with zero attached hydrogens (tertiary/aromatic N) is 2. The van der Waals surface area contributed by atoms with Gasteiger partial charge in [0.05, 0.1) is 38.1 Å². The number of hydrogen-bond acceptors (Lipinski definition) is 3. The van der Waals surface area contributed by atoms with Crippen molar-refractivity contribution < 1.29 is 4.48 Å². The third-order valence-electron chi connectivity index (χ3n) is 4.30. The summed E-state index contributed by atoms with van der Waals surface area (Å²) >= 11 is 0. The van der Waals surface area contributed by atoms with Crippen molar-refractivity contribution in [3.8, 4) is 0 Å². The zero-order valence-electron chi connectivity index (χ0n) is 12.2. The molecule has 1 aliphatic heterocycles. The van der Waals surface area contributed by atoms with Gasteiger partial charge in [-0.05, 0) is 18.2 Å². The van der Waals surface area contributed by atoms with Crippen LogP contribution in [0.1, 0.15) is 19.3 Å². The second kappa shape index (κ2) is 5.70. The van der Waals surface area contributed by atoms with Crippen LogP contribution in [0, 0.1) is 0 Å². The summed E-state index contributed by atoms with van der Waals surface area (Å²) in [6, 6.07) is 5.76. The lowest BCUT2D eigenvalue weighted by molar-refractivity contribution is -0.897. The van der Waals surface area contributed by atoms with E-state index in [-0.39, 0.29) is 0 Å². The molecule has 0 radical (unpaired) electrons. The van der Waals surface area contributed by atoms with Gasteiger partial charge in [0.15, 0.2) is 0 Å². The van der Waals surface area contributed by atoms with E-state index < -0.39 is 0 Å². The van der Waals surface area contributed by atoms with Crippen molar-refractivity contribution in [3.63, 3.8) is 0 Å². The molecular formula is C15H27N4+. The number of hydrogen-bond donors (Lipinski definition) is 2. The molecule has 1 aliphatic rings. The number of anilines is 3. The molecular weight excluding hydrogens is 236 g/mol. The molecule has 1 aromatic rings. The molecule has 1 fully saturated rings. The van der Waals surface area contributed by atoms with E-state index >= 15 is 0 Å². The first-order chi connectivity index (χ1) is 9.00. The Morgan fingerprint density at radius 3 is 2.53 bits per heavy atom. The summed E-state index contributed by atoms with van der Waals surface area (Å²) < 4.78 is 1.24. The molecule has 0 saturated carbocycles. The van der Waals surface area contributed by atoms with Crippen molar-refractivity contribution >= 4 is 17.1 Å². The number of nitrogen functional groups attached to an aromatic ring is 2. The molecule has 106 valence electrons. The van der Waals surface area contributed by atoms with Gasteiger partial charge in [-0.2, -0.15) is 0 Å². The molecule has 4 heteroatoms. The van der Waals surface area contributed by atoms with Crippen LogP contribution in [0.4, 0.5) is 17.1 Å². The molecule has 1 heterocycles. The molecule has 0 aromatic heterocycles. The van der Waals surface area contributed by atoms with Crippen LogP contribution in [-0.4, -0.2) is 44.8 Å². The first-order valence-electron chi connectivity index (χ1n) is 7.20. The van der Waals surface area contributed by atoms with Crippen LogP contribution >= 0.6 is 0 Å². The van der Waals surface area contributed by atoms with Gasteiger partial charge in [0.2, 0.25) is 0 Å². The van der Waals surface area contributed by atoms with E-state index in [0.717, 1.165) is 23.6 Å². The van der Waals surface area contributed by atoms with E-state index in [9.17, 15) is 0 Å². The minimum Gasteiger partial charge on any atom is -0.399 e. The minimum atomic E-state index is 0.727. The Kier molecular flexibility index (Phi) is 4.20. The van der Waals surface area contributed by atoms with Crippen molar-refractivity contribution in [2.24, 2.45) is 0 Å². The lowest BCUT2D eigenvalue weighted by atomic mass is 10.2. The Morgan fingerprint density at radius 1 is 1.21 bits per heavy atom. The molecule has 1 saturated heterocycles. The van der Waals surface area contributed by atoms with E-state index in [2.05, 4.69) is 19.0 Å². The van der Waals surface area contributed by atoms with Gasteiger partial charge in [0, 0.05) is 38.5 Å². The van der Waals surface area contributed by atoms with Crippen LogP contribution in [-0.2, 0) is 0 Å². The zero-order valence-corrected chi connectivity index (χ0v) is 12.2. The molecule has 0 aliphatic carbocycles. The number of quaternary nitrogens is 1. The lowest BCUT2D eigenvalue weighted by Gasteiger charge is -2.30. The van der Waals surface area contributed by atoms with E-state index in [1.54, 1.807) is 0 Å². The maximum Gasteiger partial charge on any atom is 0.0801 e. The summed E-state index contributed by atoms with van der Waals surface area (Å²) in [5, 5.41) is 0. The summed E-state index contributed by atoms with van der Waals surface area (Å²) in [6.45, 7) is 4.99. The molecule has 4 N–H and O–H groups in total. The fraction of sp³-hybridized carbons (Fsp3) is 0.600. The van der Waals surface area contributed by atoms with Crippen LogP contribution in [0.2, 0.25) is 0 Å². The highest BCUT2D eigenvalue weighted by atomic mass is 15.3. The van der Waals surface area contributed by atoms with Gasteiger partial charge in [-0.25, -0.2) is 0 Å². The van der Waals surface area contributed by atoms with Crippen molar-refractivity contribution in [2.75, 3.05) is 56.6 Å². The van der Waals surface area contributed by atoms with Crippen LogP contribution in [0.3, 0.4) is 0 Å². The Bertz CT molecular complexity index is 424. The summed E-state index contributed by atoms with van der Waals surface area (Å²) in [4.78, 5) is 2.23. The predicted molar refractivity (Wildman–Crippen MR) is 83.2 cm³/mol. The molecule has 0 atom stereocenters. The van der Waals surface area contributed by atoms with Gasteiger partial charge in [-0.3, -0.25) is 0 Å². The van der Waals surface area contributed by atoms with Gasteiger partial charge in [0.25, 0.3) is 0 Å². The topological polar surface area (TPSA) is 55.3 Å². The highest BCUT2D eigenvalue weighted by Crippen LogP contribution is 2.24. The van der Waals surface area contributed by atoms with Gasteiger partial charge in [-0.15, -0.1) is 0 Å². The standard InChI is InChI=1S/C15H27N4/c1-18(15-7-6-13(16)12-14(15)17)8-5-11-19(2)9-3-4-10-19/h6-7,12H,3-5,8-11,16-17H2,1-2H3/q+1. The summed E-state index contributed by atoms with van der Waals surface area (Å²) in [5.41, 5.74) is 14.3. The number of benzene rings is 1. The fourth-order valence-electron chi connectivity index (χ4n) is 3.05. The molecule has 1 aromatic carbocycles. The smallest absolute Gasteiger partial charge is 0.0801 e. The van der Waals surface area contributed by atoms with Crippen molar-refractivity contribution in [1.82, 2.24) is 0 Å². The largest absolute Gasteiger partial charge is 0.399 e. The average Bonchev–Trinajstić information content (AvgIpc) is 2.76. The Morgan fingerprint density at radius 2 is 1.89 bits per heavy atom. The van der Waals surface area contributed by atoms with Crippen LogP contribution in [0.15, 0.2) is 18.2 Å². The van der Waals surface area contributed by atoms with E-state index in [4.69, 9.17) is 11.5 Å². The number of nitrogens with two attached hydrogens (primary N) is 2. The van der Waals surface area contributed by atoms with Crippen molar-refractivity contribution in [2.45, 2.75) is 19.3 Å². The lowest BCUT2D eigenvalue weighted by Crippen LogP contribution is -2.42. The maximum atomic E-state index is 6.02. The minimum absolute atomic E-state index is 0.727. The Balaban J connectivity index is 1.85. The Hall–Kier alpha value is -1.42. The predicted octanol–water partition coefficient (Wildman–Crippen LogP) is 1.92. The van der Waals surface area contributed by atoms with Gasteiger partial charge in [-0.1, -0.05) is 0 Å². The van der Waals surface area contributed by atoms with E-state index in [0.29, 0.717) is 0 Å². The molecule has 4 nitrogen and oxygen atoms in total. The SMILES string of the molecule is CN(CCC[N+]1(C)CCCC1)c1ccc(N)cc1N. The molecule has 0 unspecified atom stereocenters. The second-order valence-corrected chi connectivity index (χ2v) is 6.09. The van der Waals surface area contributed by atoms with Crippen LogP contribution < -0.4 is 16.4 Å². The molecule has 0 bridgehead atoms. The highest BCUT2D eigenvalue weighted by Gasteiger charge is 2.26. The molecule has 2 rings (SSSR count). The maximum absolute atomic E-state index is 6.02. The first kappa shape index (κ1) is 14.0. The fourth-order valence-corrected chi connectivity index (χ4v) is 3.05. The van der Waals surface area contributed by atoms with Gasteiger partial charge >= 0.3 is 0 Å². The first-order valence-corrected chi connectivity index (χ1v) is 7.20. The van der Waals surface area contributed by atoms with Crippen molar-refractivity contribution in [3.05, 3.63) is 18.2 Å². The normalized spacial score (nSPS) is 17.6. The molecule has 0 spiro atoms. The van der Waals surface area contributed by atoms with E-state index in [1.807, 2.05) is 18.2 Å². The third-order valence-corrected chi connectivity index (χ3v) is 4.30. The van der Waals surface area contributed by atoms with Crippen LogP contribution in [0.25, 0.3) is 0 Å². The van der Waals surface area contributed by atoms with E-state index in [1.165, 1.54) is 43.4 Å². The van der Waals surface area contributed by atoms with Crippen LogP contribution in [0.5, 0.6) is 0 Å². The Labute approximate surface area is 116 Å². The number of likely N-dealkylation sites (tertiary alicyclic amines) is 1. The number of rotatable bonds is 5. The summed E-state index contributed by atoms with van der Waals surface area (Å²) in [6.07, 6.45) is 3.98. The molecule has 0 amide bonds. The van der Waals surface area contributed by atoms with Gasteiger partial charge < -0.3 is 20.9 Å². The zero-order chi connectivity index (χ0) is 13.9. The second-order valence-electron chi connectivity index (χ2n) is 6.09. The highest BCUT2D eigenvalue weighted by molar-refractivity contribution is 5.71. The average molecular weight is 263 g/mol. The summed E-state index contributed by atoms with van der Waals surface area (Å²) in [5.74, 6) is 0. The summed E-state index contributed by atoms with van der Waals surface area (Å²) in [7, 11) is 4.48. The van der Waals surface area contributed by atoms with Crippen molar-refractivity contribution in [1.29, 1.82) is 0 Å². The van der Waals surface area contributed by atoms with Gasteiger partial charge in [0.1, 0.15) is 0 Å². The molecule has 19 heavy (non-hydrogen) atoms. The third kappa shape index (κ3) is 3.53.